The Kier molecular flexibility index (Phi) is 5.06. The number of nitrogens with two attached hydrogens (primary N) is 1. The summed E-state index contributed by atoms with van der Waals surface area (Å²) in [4.78, 5) is 2.42. The van der Waals surface area contributed by atoms with Crippen molar-refractivity contribution in [3.8, 4) is 0 Å². The molecule has 7 heteroatoms. The summed E-state index contributed by atoms with van der Waals surface area (Å²) in [6.45, 7) is 1.46. The van der Waals surface area contributed by atoms with Crippen LogP contribution >= 0.6 is 15.9 Å². The van der Waals surface area contributed by atoms with Gasteiger partial charge in [0.15, 0.2) is 0 Å². The minimum absolute atomic E-state index is 0.205. The molecule has 1 aliphatic heterocycles. The van der Waals surface area contributed by atoms with Gasteiger partial charge in [0.05, 0.1) is 4.90 Å². The topological polar surface area (TPSA) is 75.4 Å². The molecular formula is C13H20BrN3O2S. The molecule has 0 aliphatic carbocycles. The van der Waals surface area contributed by atoms with Gasteiger partial charge in [0.25, 0.3) is 0 Å². The first-order valence-corrected chi connectivity index (χ1v) is 8.93. The smallest absolute Gasteiger partial charge is 0.240 e. The van der Waals surface area contributed by atoms with Crippen LogP contribution in [-0.4, -0.2) is 39.5 Å². The van der Waals surface area contributed by atoms with Gasteiger partial charge < -0.3 is 10.6 Å². The first-order chi connectivity index (χ1) is 9.40. The number of anilines is 1. The van der Waals surface area contributed by atoms with Gasteiger partial charge in [-0.1, -0.05) is 6.42 Å². The van der Waals surface area contributed by atoms with Gasteiger partial charge in [-0.15, -0.1) is 0 Å². The molecule has 1 unspecified atom stereocenters. The van der Waals surface area contributed by atoms with Crippen LogP contribution in [0.25, 0.3) is 0 Å². The average Bonchev–Trinajstić information content (AvgIpc) is 2.41. The van der Waals surface area contributed by atoms with Crippen LogP contribution in [0.5, 0.6) is 0 Å². The van der Waals surface area contributed by atoms with Crippen molar-refractivity contribution in [1.82, 2.24) is 9.62 Å². The van der Waals surface area contributed by atoms with Gasteiger partial charge in [0, 0.05) is 22.7 Å². The lowest BCUT2D eigenvalue weighted by atomic mass is 10.0. The third-order valence-electron chi connectivity index (χ3n) is 3.71. The number of nitrogens with one attached hydrogen (secondary N) is 1. The fourth-order valence-corrected chi connectivity index (χ4v) is 3.73. The summed E-state index contributed by atoms with van der Waals surface area (Å²) >= 11 is 3.26. The second kappa shape index (κ2) is 6.43. The van der Waals surface area contributed by atoms with Crippen molar-refractivity contribution in [2.45, 2.75) is 30.2 Å². The number of nitrogen functional groups attached to an aromatic ring is 1. The maximum absolute atomic E-state index is 12.2. The minimum Gasteiger partial charge on any atom is -0.398 e. The number of sulfonamides is 1. The number of rotatable bonds is 4. The maximum atomic E-state index is 12.2. The number of likely N-dealkylation sites (N-methyl/N-ethyl adjacent to an activating group) is 1. The van der Waals surface area contributed by atoms with Crippen molar-refractivity contribution in [3.05, 3.63) is 22.7 Å². The maximum Gasteiger partial charge on any atom is 0.240 e. The third-order valence-corrected chi connectivity index (χ3v) is 5.85. The highest BCUT2D eigenvalue weighted by atomic mass is 79.9. The molecule has 1 atom stereocenters. The second-order valence-electron chi connectivity index (χ2n) is 5.17. The Morgan fingerprint density at radius 1 is 1.45 bits per heavy atom. The van der Waals surface area contributed by atoms with Crippen molar-refractivity contribution in [3.63, 3.8) is 0 Å². The van der Waals surface area contributed by atoms with E-state index in [1.165, 1.54) is 12.5 Å². The van der Waals surface area contributed by atoms with E-state index in [0.717, 1.165) is 19.4 Å². The van der Waals surface area contributed by atoms with Crippen LogP contribution in [0.4, 0.5) is 5.69 Å². The molecule has 0 spiro atoms. The molecule has 1 aliphatic rings. The van der Waals surface area contributed by atoms with Crippen LogP contribution in [0, 0.1) is 0 Å². The van der Waals surface area contributed by atoms with E-state index >= 15 is 0 Å². The Labute approximate surface area is 128 Å². The van der Waals surface area contributed by atoms with E-state index < -0.39 is 10.0 Å². The van der Waals surface area contributed by atoms with E-state index in [-0.39, 0.29) is 10.9 Å². The Bertz CT molecular complexity index is 577. The number of hydrogen-bond acceptors (Lipinski definition) is 4. The largest absolute Gasteiger partial charge is 0.398 e. The standard InChI is InChI=1S/C13H20BrN3O2S/c1-17-7-3-2-4-10(17)9-16-20(18,19)11-5-6-12(14)13(15)8-11/h5-6,8,10,16H,2-4,7,9,15H2,1H3. The lowest BCUT2D eigenvalue weighted by Crippen LogP contribution is -2.44. The summed E-state index contributed by atoms with van der Waals surface area (Å²) in [5.41, 5.74) is 6.15. The average molecular weight is 362 g/mol. The number of benzene rings is 1. The lowest BCUT2D eigenvalue weighted by Gasteiger charge is -2.32. The normalized spacial score (nSPS) is 21.0. The zero-order chi connectivity index (χ0) is 14.8. The van der Waals surface area contributed by atoms with Crippen LogP contribution < -0.4 is 10.5 Å². The molecule has 1 aromatic carbocycles. The summed E-state index contributed by atoms with van der Waals surface area (Å²) < 4.78 is 27.9. The van der Waals surface area contributed by atoms with Crippen LogP contribution in [0.3, 0.4) is 0 Å². The fourth-order valence-electron chi connectivity index (χ4n) is 2.38. The highest BCUT2D eigenvalue weighted by molar-refractivity contribution is 9.10. The first-order valence-electron chi connectivity index (χ1n) is 6.65. The molecule has 20 heavy (non-hydrogen) atoms. The number of piperidine rings is 1. The Morgan fingerprint density at radius 2 is 2.20 bits per heavy atom. The lowest BCUT2D eigenvalue weighted by molar-refractivity contribution is 0.187. The second-order valence-corrected chi connectivity index (χ2v) is 7.79. The van der Waals surface area contributed by atoms with Gasteiger partial charge >= 0.3 is 0 Å². The molecule has 1 saturated heterocycles. The van der Waals surface area contributed by atoms with E-state index in [9.17, 15) is 8.42 Å². The van der Waals surface area contributed by atoms with Crippen LogP contribution in [0.2, 0.25) is 0 Å². The van der Waals surface area contributed by atoms with Gasteiger partial charge in [-0.2, -0.15) is 0 Å². The first kappa shape index (κ1) is 15.8. The highest BCUT2D eigenvalue weighted by Crippen LogP contribution is 2.23. The van der Waals surface area contributed by atoms with Crippen molar-refractivity contribution < 1.29 is 8.42 Å². The number of likely N-dealkylation sites (tertiary alicyclic amines) is 1. The molecular weight excluding hydrogens is 342 g/mol. The minimum atomic E-state index is -3.50. The molecule has 1 aromatic rings. The molecule has 0 saturated carbocycles. The molecule has 0 amide bonds. The number of hydrogen-bond donors (Lipinski definition) is 2. The number of halogens is 1. The van der Waals surface area contributed by atoms with Gasteiger partial charge in [-0.3, -0.25) is 0 Å². The van der Waals surface area contributed by atoms with E-state index in [4.69, 9.17) is 5.73 Å². The van der Waals surface area contributed by atoms with Crippen molar-refractivity contribution >= 4 is 31.6 Å². The molecule has 112 valence electrons. The van der Waals surface area contributed by atoms with Gasteiger partial charge in [-0.25, -0.2) is 13.1 Å². The zero-order valence-corrected chi connectivity index (χ0v) is 13.9. The Balaban J connectivity index is 2.05. The predicted octanol–water partition coefficient (Wildman–Crippen LogP) is 1.79. The molecule has 0 aromatic heterocycles. The molecule has 1 fully saturated rings. The molecule has 2 rings (SSSR count). The molecule has 1 heterocycles. The van der Waals surface area contributed by atoms with Gasteiger partial charge in [0.1, 0.15) is 0 Å². The van der Waals surface area contributed by atoms with Crippen molar-refractivity contribution in [1.29, 1.82) is 0 Å². The van der Waals surface area contributed by atoms with Gasteiger partial charge in [-0.05, 0) is 60.6 Å². The highest BCUT2D eigenvalue weighted by Gasteiger charge is 2.22. The fraction of sp³-hybridized carbons (Fsp3) is 0.538. The summed E-state index contributed by atoms with van der Waals surface area (Å²) in [5.74, 6) is 0. The van der Waals surface area contributed by atoms with E-state index in [0.29, 0.717) is 16.7 Å². The molecule has 5 nitrogen and oxygen atoms in total. The number of nitrogens with zero attached hydrogens (tertiary/aromatic N) is 1. The summed E-state index contributed by atoms with van der Waals surface area (Å²) in [5, 5.41) is 0. The molecule has 0 bridgehead atoms. The Hall–Kier alpha value is -0.630. The van der Waals surface area contributed by atoms with E-state index in [2.05, 4.69) is 25.6 Å². The van der Waals surface area contributed by atoms with Gasteiger partial charge in [0.2, 0.25) is 10.0 Å². The Morgan fingerprint density at radius 3 is 2.85 bits per heavy atom. The van der Waals surface area contributed by atoms with E-state index in [1.807, 2.05) is 7.05 Å². The van der Waals surface area contributed by atoms with E-state index in [1.54, 1.807) is 12.1 Å². The summed E-state index contributed by atoms with van der Waals surface area (Å²) in [6, 6.07) is 4.94. The quantitative estimate of drug-likeness (QED) is 0.801. The van der Waals surface area contributed by atoms with Crippen LogP contribution in [0.1, 0.15) is 19.3 Å². The predicted molar refractivity (Wildman–Crippen MR) is 84.0 cm³/mol. The van der Waals surface area contributed by atoms with Crippen LogP contribution in [-0.2, 0) is 10.0 Å². The van der Waals surface area contributed by atoms with Crippen molar-refractivity contribution in [2.24, 2.45) is 0 Å². The molecule has 3 N–H and O–H groups in total. The summed E-state index contributed by atoms with van der Waals surface area (Å²) in [7, 11) is -1.46. The monoisotopic (exact) mass is 361 g/mol. The SMILES string of the molecule is CN1CCCCC1CNS(=O)(=O)c1ccc(Br)c(N)c1. The van der Waals surface area contributed by atoms with Crippen molar-refractivity contribution in [2.75, 3.05) is 25.9 Å². The summed E-state index contributed by atoms with van der Waals surface area (Å²) in [6.07, 6.45) is 3.37. The molecule has 0 radical (unpaired) electrons. The van der Waals surface area contributed by atoms with Crippen LogP contribution in [0.15, 0.2) is 27.6 Å². The third kappa shape index (κ3) is 3.72. The zero-order valence-electron chi connectivity index (χ0n) is 11.5.